The van der Waals surface area contributed by atoms with Crippen molar-refractivity contribution in [2.45, 2.75) is 9.87 Å². The molecule has 3 fully saturated rings. The lowest BCUT2D eigenvalue weighted by Gasteiger charge is -2.46. The number of aliphatic hydroxyl groups is 1. The van der Waals surface area contributed by atoms with Gasteiger partial charge in [-0.15, -0.1) is 23.5 Å². The Bertz CT molecular complexity index is 243. The zero-order valence-corrected chi connectivity index (χ0v) is 9.15. The summed E-state index contributed by atoms with van der Waals surface area (Å²) in [5.74, 6) is 0.277. The number of thioether (sulfide) groups is 2. The van der Waals surface area contributed by atoms with E-state index in [1.165, 1.54) is 30.6 Å². The Morgan fingerprint density at radius 1 is 1.57 bits per heavy atom. The van der Waals surface area contributed by atoms with Gasteiger partial charge >= 0.3 is 5.97 Å². The summed E-state index contributed by atoms with van der Waals surface area (Å²) >= 11 is 2.58. The number of carbonyl (C=O) groups is 1. The Morgan fingerprint density at radius 3 is 2.86 bits per heavy atom. The SMILES string of the molecule is COOCC12CSC(O)(CS1)C(=O)O2. The third kappa shape index (κ3) is 1.63. The second-order valence-corrected chi connectivity index (χ2v) is 5.66. The lowest BCUT2D eigenvalue weighted by Crippen LogP contribution is -2.59. The summed E-state index contributed by atoms with van der Waals surface area (Å²) < 4.78 is 5.13. The molecule has 3 heterocycles. The van der Waals surface area contributed by atoms with Gasteiger partial charge < -0.3 is 9.84 Å². The zero-order valence-electron chi connectivity index (χ0n) is 7.52. The van der Waals surface area contributed by atoms with E-state index in [1.807, 2.05) is 0 Å². The maximum absolute atomic E-state index is 11.3. The Balaban J connectivity index is 2.06. The van der Waals surface area contributed by atoms with Gasteiger partial charge in [0, 0.05) is 11.5 Å². The summed E-state index contributed by atoms with van der Waals surface area (Å²) in [6, 6.07) is 0. The van der Waals surface area contributed by atoms with Gasteiger partial charge in [-0.1, -0.05) is 0 Å². The average Bonchev–Trinajstić information content (AvgIpc) is 2.19. The molecule has 7 heteroatoms. The first-order valence-corrected chi connectivity index (χ1v) is 5.97. The van der Waals surface area contributed by atoms with Crippen molar-refractivity contribution in [3.8, 4) is 0 Å². The molecular weight excluding hydrogens is 228 g/mol. The van der Waals surface area contributed by atoms with Gasteiger partial charge in [-0.25, -0.2) is 14.6 Å². The third-order valence-electron chi connectivity index (χ3n) is 2.06. The molecule has 2 bridgehead atoms. The van der Waals surface area contributed by atoms with Crippen LogP contribution in [0.2, 0.25) is 0 Å². The van der Waals surface area contributed by atoms with Gasteiger partial charge in [0.2, 0.25) is 4.93 Å². The zero-order chi connectivity index (χ0) is 10.2. The minimum Gasteiger partial charge on any atom is -0.442 e. The van der Waals surface area contributed by atoms with Crippen LogP contribution < -0.4 is 0 Å². The number of carbonyl (C=O) groups excluding carboxylic acids is 1. The van der Waals surface area contributed by atoms with Crippen LogP contribution >= 0.6 is 23.5 Å². The number of rotatable bonds is 3. The summed E-state index contributed by atoms with van der Waals surface area (Å²) in [4.78, 5) is 18.5. The Hall–Kier alpha value is 0.0500. The van der Waals surface area contributed by atoms with Gasteiger partial charge in [0.05, 0.1) is 7.11 Å². The highest BCUT2D eigenvalue weighted by atomic mass is 32.2. The highest BCUT2D eigenvalue weighted by Gasteiger charge is 2.57. The molecule has 0 aromatic carbocycles. The van der Waals surface area contributed by atoms with Crippen LogP contribution in [-0.4, -0.2) is 46.2 Å². The van der Waals surface area contributed by atoms with Crippen LogP contribution in [0.4, 0.5) is 0 Å². The fraction of sp³-hybridized carbons (Fsp3) is 0.857. The Morgan fingerprint density at radius 2 is 2.36 bits per heavy atom. The van der Waals surface area contributed by atoms with Crippen LogP contribution in [0, 0.1) is 0 Å². The molecule has 3 aliphatic heterocycles. The normalized spacial score (nSPS) is 41.1. The summed E-state index contributed by atoms with van der Waals surface area (Å²) in [5, 5.41) is 9.72. The van der Waals surface area contributed by atoms with E-state index >= 15 is 0 Å². The minimum absolute atomic E-state index is 0.184. The van der Waals surface area contributed by atoms with Crippen LogP contribution in [0.1, 0.15) is 0 Å². The molecule has 3 saturated heterocycles. The van der Waals surface area contributed by atoms with Crippen molar-refractivity contribution in [1.82, 2.24) is 0 Å². The maximum atomic E-state index is 11.3. The molecule has 0 amide bonds. The molecule has 0 spiro atoms. The first-order valence-electron chi connectivity index (χ1n) is 4.00. The van der Waals surface area contributed by atoms with Crippen LogP contribution in [0.5, 0.6) is 0 Å². The molecule has 0 aliphatic carbocycles. The second kappa shape index (κ2) is 3.57. The Labute approximate surface area is 89.4 Å². The minimum atomic E-state index is -1.36. The smallest absolute Gasteiger partial charge is 0.351 e. The van der Waals surface area contributed by atoms with Crippen LogP contribution in [-0.2, 0) is 19.3 Å². The van der Waals surface area contributed by atoms with Gasteiger partial charge in [-0.3, -0.25) is 0 Å². The molecule has 3 rings (SSSR count). The molecule has 0 saturated carbocycles. The van der Waals surface area contributed by atoms with Crippen molar-refractivity contribution >= 4 is 29.5 Å². The summed E-state index contributed by atoms with van der Waals surface area (Å²) in [7, 11) is 1.40. The first kappa shape index (κ1) is 10.6. The molecule has 5 nitrogen and oxygen atoms in total. The highest BCUT2D eigenvalue weighted by Crippen LogP contribution is 2.50. The maximum Gasteiger partial charge on any atom is 0.351 e. The number of hydrogen-bond acceptors (Lipinski definition) is 7. The molecule has 0 aromatic rings. The second-order valence-electron chi connectivity index (χ2n) is 3.09. The van der Waals surface area contributed by atoms with Crippen molar-refractivity contribution in [3.63, 3.8) is 0 Å². The molecule has 2 atom stereocenters. The molecule has 3 aliphatic rings. The molecule has 0 aromatic heterocycles. The van der Waals surface area contributed by atoms with E-state index in [0.29, 0.717) is 11.5 Å². The van der Waals surface area contributed by atoms with Gasteiger partial charge in [-0.05, 0) is 0 Å². The van der Waals surface area contributed by atoms with Gasteiger partial charge in [0.1, 0.15) is 6.61 Å². The fourth-order valence-corrected chi connectivity index (χ4v) is 3.85. The van der Waals surface area contributed by atoms with E-state index in [4.69, 9.17) is 9.62 Å². The molecule has 0 radical (unpaired) electrons. The highest BCUT2D eigenvalue weighted by molar-refractivity contribution is 8.08. The summed E-state index contributed by atoms with van der Waals surface area (Å²) in [6.07, 6.45) is 0. The van der Waals surface area contributed by atoms with Crippen molar-refractivity contribution in [1.29, 1.82) is 0 Å². The quantitative estimate of drug-likeness (QED) is 0.421. The van der Waals surface area contributed by atoms with Crippen molar-refractivity contribution in [3.05, 3.63) is 0 Å². The monoisotopic (exact) mass is 238 g/mol. The number of ether oxygens (including phenoxy) is 1. The Kier molecular flexibility index (Phi) is 2.69. The van der Waals surface area contributed by atoms with E-state index in [2.05, 4.69) is 4.89 Å². The predicted molar refractivity (Wildman–Crippen MR) is 51.6 cm³/mol. The summed E-state index contributed by atoms with van der Waals surface area (Å²) in [5.41, 5.74) is 0. The lowest BCUT2D eigenvalue weighted by molar-refractivity contribution is -0.289. The summed E-state index contributed by atoms with van der Waals surface area (Å²) in [6.45, 7) is 0.184. The van der Waals surface area contributed by atoms with Gasteiger partial charge in [0.25, 0.3) is 0 Å². The molecule has 1 N–H and O–H groups in total. The van der Waals surface area contributed by atoms with E-state index in [1.54, 1.807) is 0 Å². The average molecular weight is 238 g/mol. The van der Waals surface area contributed by atoms with Crippen LogP contribution in [0.3, 0.4) is 0 Å². The van der Waals surface area contributed by atoms with Crippen LogP contribution in [0.15, 0.2) is 0 Å². The first-order chi connectivity index (χ1) is 6.60. The van der Waals surface area contributed by atoms with E-state index in [0.717, 1.165) is 0 Å². The largest absolute Gasteiger partial charge is 0.442 e. The van der Waals surface area contributed by atoms with Gasteiger partial charge in [-0.2, -0.15) is 0 Å². The molecular formula is C7H10O5S2. The predicted octanol–water partition coefficient (Wildman–Crippen LogP) is -0.0139. The van der Waals surface area contributed by atoms with Gasteiger partial charge in [0.15, 0.2) is 4.93 Å². The lowest BCUT2D eigenvalue weighted by atomic mass is 10.3. The number of hydrogen-bond donors (Lipinski definition) is 1. The third-order valence-corrected chi connectivity index (χ3v) is 5.25. The van der Waals surface area contributed by atoms with Crippen molar-refractivity contribution in [2.75, 3.05) is 25.2 Å². The number of esters is 1. The standard InChI is InChI=1S/C7H10O5S2/c1-10-11-2-6-3-14-7(9,4-13-6)5(8)12-6/h9H,2-4H2,1H3. The molecule has 2 unspecified atom stereocenters. The van der Waals surface area contributed by atoms with E-state index in [9.17, 15) is 9.90 Å². The molecule has 80 valence electrons. The van der Waals surface area contributed by atoms with Crippen molar-refractivity contribution in [2.24, 2.45) is 0 Å². The fourth-order valence-electron chi connectivity index (χ4n) is 1.23. The van der Waals surface area contributed by atoms with Crippen LogP contribution in [0.25, 0.3) is 0 Å². The van der Waals surface area contributed by atoms with E-state index in [-0.39, 0.29) is 6.61 Å². The van der Waals surface area contributed by atoms with Crippen molar-refractivity contribution < 1.29 is 24.4 Å². The number of fused-ring (bicyclic) bond motifs is 3. The molecule has 14 heavy (non-hydrogen) atoms. The van der Waals surface area contributed by atoms with E-state index < -0.39 is 15.8 Å². The topological polar surface area (TPSA) is 65.0 Å².